The van der Waals surface area contributed by atoms with Crippen LogP contribution in [0.1, 0.15) is 0 Å². The zero-order valence-corrected chi connectivity index (χ0v) is 15.1. The second kappa shape index (κ2) is 6.68. The van der Waals surface area contributed by atoms with Crippen LogP contribution in [0.2, 0.25) is 0 Å². The summed E-state index contributed by atoms with van der Waals surface area (Å²) < 4.78 is 25.9. The molecule has 3 heterocycles. The standard InChI is InChI=1S/C20H17FN4O2/c1-25-11-15(20(24-25)16-5-4-12(21)10-23-16)14-6-7-22-17-8-13(26-2)9-18(27-3)19(14)17/h4-11H,1-3H3. The minimum Gasteiger partial charge on any atom is -0.497 e. The Balaban J connectivity index is 2.00. The van der Waals surface area contributed by atoms with Crippen LogP contribution in [0, 0.1) is 5.82 Å². The predicted molar refractivity (Wildman–Crippen MR) is 100 cm³/mol. The molecule has 0 amide bonds. The van der Waals surface area contributed by atoms with Crippen LogP contribution in [0.15, 0.2) is 48.9 Å². The molecular weight excluding hydrogens is 347 g/mol. The molecule has 3 aromatic heterocycles. The molecular formula is C20H17FN4O2. The van der Waals surface area contributed by atoms with Crippen molar-refractivity contribution in [2.24, 2.45) is 7.05 Å². The summed E-state index contributed by atoms with van der Waals surface area (Å²) in [6.45, 7) is 0. The van der Waals surface area contributed by atoms with Crippen LogP contribution in [-0.2, 0) is 7.05 Å². The summed E-state index contributed by atoms with van der Waals surface area (Å²) in [6.07, 6.45) is 4.81. The van der Waals surface area contributed by atoms with Crippen molar-refractivity contribution in [2.75, 3.05) is 14.2 Å². The van der Waals surface area contributed by atoms with Gasteiger partial charge in [0.1, 0.15) is 23.0 Å². The van der Waals surface area contributed by atoms with Gasteiger partial charge in [0.2, 0.25) is 0 Å². The van der Waals surface area contributed by atoms with Crippen LogP contribution >= 0.6 is 0 Å². The van der Waals surface area contributed by atoms with Crippen molar-refractivity contribution in [1.82, 2.24) is 19.7 Å². The average molecular weight is 364 g/mol. The molecule has 1 aromatic carbocycles. The van der Waals surface area contributed by atoms with Gasteiger partial charge in [0.05, 0.1) is 37.0 Å². The van der Waals surface area contributed by atoms with E-state index in [1.54, 1.807) is 31.2 Å². The zero-order chi connectivity index (χ0) is 19.0. The van der Waals surface area contributed by atoms with Gasteiger partial charge in [0.15, 0.2) is 0 Å². The normalized spacial score (nSPS) is 11.0. The number of benzene rings is 1. The van der Waals surface area contributed by atoms with E-state index in [1.165, 1.54) is 12.3 Å². The van der Waals surface area contributed by atoms with E-state index in [0.717, 1.165) is 22.0 Å². The smallest absolute Gasteiger partial charge is 0.141 e. The predicted octanol–water partition coefficient (Wildman–Crippen LogP) is 3.85. The van der Waals surface area contributed by atoms with E-state index < -0.39 is 0 Å². The fourth-order valence-electron chi connectivity index (χ4n) is 3.12. The number of halogens is 1. The van der Waals surface area contributed by atoms with Gasteiger partial charge in [-0.1, -0.05) is 0 Å². The number of pyridine rings is 2. The number of aromatic nitrogens is 4. The Morgan fingerprint density at radius 2 is 1.85 bits per heavy atom. The fourth-order valence-corrected chi connectivity index (χ4v) is 3.12. The van der Waals surface area contributed by atoms with Crippen LogP contribution in [0.3, 0.4) is 0 Å². The van der Waals surface area contributed by atoms with Crippen LogP contribution in [-0.4, -0.2) is 34.0 Å². The quantitative estimate of drug-likeness (QED) is 0.550. The Morgan fingerprint density at radius 3 is 2.56 bits per heavy atom. The minimum atomic E-state index is -0.389. The molecule has 4 rings (SSSR count). The first-order valence-electron chi connectivity index (χ1n) is 8.27. The molecule has 0 aliphatic carbocycles. The van der Waals surface area contributed by atoms with E-state index in [9.17, 15) is 4.39 Å². The average Bonchev–Trinajstić information content (AvgIpc) is 3.08. The van der Waals surface area contributed by atoms with Gasteiger partial charge in [0, 0.05) is 42.7 Å². The molecule has 0 saturated heterocycles. The molecule has 0 bridgehead atoms. The Kier molecular flexibility index (Phi) is 4.19. The molecule has 4 aromatic rings. The number of rotatable bonds is 4. The summed E-state index contributed by atoms with van der Waals surface area (Å²) in [5.74, 6) is 0.921. The number of hydrogen-bond acceptors (Lipinski definition) is 5. The van der Waals surface area contributed by atoms with Crippen LogP contribution in [0.5, 0.6) is 11.5 Å². The van der Waals surface area contributed by atoms with Crippen LogP contribution in [0.4, 0.5) is 4.39 Å². The van der Waals surface area contributed by atoms with Crippen molar-refractivity contribution in [3.05, 3.63) is 54.7 Å². The van der Waals surface area contributed by atoms with Gasteiger partial charge in [0.25, 0.3) is 0 Å². The van der Waals surface area contributed by atoms with Gasteiger partial charge in [-0.2, -0.15) is 5.10 Å². The highest BCUT2D eigenvalue weighted by molar-refractivity contribution is 6.02. The molecule has 0 fully saturated rings. The third-order valence-electron chi connectivity index (χ3n) is 4.32. The van der Waals surface area contributed by atoms with Gasteiger partial charge in [-0.25, -0.2) is 4.39 Å². The summed E-state index contributed by atoms with van der Waals surface area (Å²) >= 11 is 0. The van der Waals surface area contributed by atoms with Crippen molar-refractivity contribution in [2.45, 2.75) is 0 Å². The number of hydrogen-bond donors (Lipinski definition) is 0. The molecule has 0 aliphatic heterocycles. The first kappa shape index (κ1) is 17.0. The van der Waals surface area contributed by atoms with E-state index >= 15 is 0 Å². The van der Waals surface area contributed by atoms with Crippen molar-refractivity contribution < 1.29 is 13.9 Å². The lowest BCUT2D eigenvalue weighted by atomic mass is 9.99. The number of ether oxygens (including phenoxy) is 2. The summed E-state index contributed by atoms with van der Waals surface area (Å²) in [5.41, 5.74) is 3.74. The maximum Gasteiger partial charge on any atom is 0.141 e. The third-order valence-corrected chi connectivity index (χ3v) is 4.32. The van der Waals surface area contributed by atoms with E-state index in [0.29, 0.717) is 22.9 Å². The molecule has 0 spiro atoms. The lowest BCUT2D eigenvalue weighted by molar-refractivity contribution is 0.398. The van der Waals surface area contributed by atoms with E-state index in [2.05, 4.69) is 15.1 Å². The number of methoxy groups -OCH3 is 2. The monoisotopic (exact) mass is 364 g/mol. The number of aryl methyl sites for hydroxylation is 1. The van der Waals surface area contributed by atoms with Crippen LogP contribution in [0.25, 0.3) is 33.4 Å². The molecule has 0 atom stereocenters. The van der Waals surface area contributed by atoms with Crippen molar-refractivity contribution in [1.29, 1.82) is 0 Å². The van der Waals surface area contributed by atoms with Gasteiger partial charge in [-0.05, 0) is 18.2 Å². The molecule has 27 heavy (non-hydrogen) atoms. The number of fused-ring (bicyclic) bond motifs is 1. The molecule has 0 N–H and O–H groups in total. The highest BCUT2D eigenvalue weighted by Gasteiger charge is 2.19. The third kappa shape index (κ3) is 2.97. The second-order valence-electron chi connectivity index (χ2n) is 6.01. The van der Waals surface area contributed by atoms with Gasteiger partial charge >= 0.3 is 0 Å². The highest BCUT2D eigenvalue weighted by Crippen LogP contribution is 2.40. The minimum absolute atomic E-state index is 0.389. The second-order valence-corrected chi connectivity index (χ2v) is 6.01. The Hall–Kier alpha value is -3.48. The summed E-state index contributed by atoms with van der Waals surface area (Å²) in [5, 5.41) is 5.37. The maximum atomic E-state index is 13.3. The molecule has 0 aliphatic rings. The summed E-state index contributed by atoms with van der Waals surface area (Å²) in [6, 6.07) is 8.57. The largest absolute Gasteiger partial charge is 0.497 e. The van der Waals surface area contributed by atoms with E-state index in [-0.39, 0.29) is 5.82 Å². The molecule has 0 saturated carbocycles. The topological polar surface area (TPSA) is 62.1 Å². The highest BCUT2D eigenvalue weighted by atomic mass is 19.1. The first-order valence-corrected chi connectivity index (χ1v) is 8.27. The molecule has 0 unspecified atom stereocenters. The van der Waals surface area contributed by atoms with Gasteiger partial charge in [-0.3, -0.25) is 14.6 Å². The Morgan fingerprint density at radius 1 is 1.00 bits per heavy atom. The maximum absolute atomic E-state index is 13.3. The first-order chi connectivity index (χ1) is 13.1. The van der Waals surface area contributed by atoms with Crippen LogP contribution < -0.4 is 9.47 Å². The molecule has 6 nitrogen and oxygen atoms in total. The van der Waals surface area contributed by atoms with Crippen molar-refractivity contribution in [3.63, 3.8) is 0 Å². The lowest BCUT2D eigenvalue weighted by Gasteiger charge is -2.12. The van der Waals surface area contributed by atoms with Crippen molar-refractivity contribution >= 4 is 10.9 Å². The zero-order valence-electron chi connectivity index (χ0n) is 15.1. The SMILES string of the molecule is COc1cc(OC)c2c(-c3cn(C)nc3-c3ccc(F)cn3)ccnc2c1. The number of nitrogens with zero attached hydrogens (tertiary/aromatic N) is 4. The summed E-state index contributed by atoms with van der Waals surface area (Å²) in [4.78, 5) is 8.63. The fraction of sp³-hybridized carbons (Fsp3) is 0.150. The van der Waals surface area contributed by atoms with Gasteiger partial charge < -0.3 is 9.47 Å². The Bertz CT molecular complexity index is 1120. The molecule has 7 heteroatoms. The van der Waals surface area contributed by atoms with E-state index in [4.69, 9.17) is 9.47 Å². The molecule has 136 valence electrons. The Labute approximate surface area is 155 Å². The lowest BCUT2D eigenvalue weighted by Crippen LogP contribution is -1.93. The summed E-state index contributed by atoms with van der Waals surface area (Å²) in [7, 11) is 5.04. The van der Waals surface area contributed by atoms with E-state index in [1.807, 2.05) is 31.4 Å². The van der Waals surface area contributed by atoms with Gasteiger partial charge in [-0.15, -0.1) is 0 Å². The van der Waals surface area contributed by atoms with Crippen molar-refractivity contribution in [3.8, 4) is 34.0 Å². The molecule has 0 radical (unpaired) electrons.